The van der Waals surface area contributed by atoms with E-state index in [4.69, 9.17) is 14.2 Å². The van der Waals surface area contributed by atoms with Crippen molar-refractivity contribution in [2.45, 2.75) is 32.3 Å². The summed E-state index contributed by atoms with van der Waals surface area (Å²) < 4.78 is 29.0. The molecule has 0 atom stereocenters. The number of carbonyl (C=O) groups excluding carboxylic acids is 2. The normalized spacial score (nSPS) is 15.2. The molecule has 2 N–H and O–H groups in total. The predicted octanol–water partition coefficient (Wildman–Crippen LogP) is 3.24. The molecule has 8 nitrogen and oxygen atoms in total. The number of nitrogens with one attached hydrogen (secondary N) is 2. The molecular formula is C26H32FN3O5. The third kappa shape index (κ3) is 7.58. The van der Waals surface area contributed by atoms with E-state index in [0.29, 0.717) is 19.0 Å². The fourth-order valence-corrected chi connectivity index (χ4v) is 4.26. The summed E-state index contributed by atoms with van der Waals surface area (Å²) in [6.45, 7) is 3.08. The van der Waals surface area contributed by atoms with Crippen LogP contribution in [0.25, 0.3) is 0 Å². The highest BCUT2D eigenvalue weighted by atomic mass is 19.1. The van der Waals surface area contributed by atoms with Crippen molar-refractivity contribution in [3.05, 3.63) is 59.4 Å². The van der Waals surface area contributed by atoms with Crippen LogP contribution in [-0.2, 0) is 22.6 Å². The second-order valence-electron chi connectivity index (χ2n) is 8.86. The van der Waals surface area contributed by atoms with E-state index >= 15 is 0 Å². The SMILES string of the molecule is O=C(COCc1ccc(F)cc1)NCCC1CCN(C(=O)NCCc2ccc3c(c2)OCO3)CC1. The molecule has 1 saturated heterocycles. The van der Waals surface area contributed by atoms with Crippen molar-refractivity contribution in [2.75, 3.05) is 39.6 Å². The van der Waals surface area contributed by atoms with Crippen molar-refractivity contribution in [3.8, 4) is 11.5 Å². The number of fused-ring (bicyclic) bond motifs is 1. The lowest BCUT2D eigenvalue weighted by Crippen LogP contribution is -2.45. The Labute approximate surface area is 204 Å². The Kier molecular flexibility index (Phi) is 8.78. The van der Waals surface area contributed by atoms with E-state index in [1.807, 2.05) is 23.1 Å². The van der Waals surface area contributed by atoms with Crippen molar-refractivity contribution in [1.29, 1.82) is 0 Å². The van der Waals surface area contributed by atoms with E-state index in [-0.39, 0.29) is 37.8 Å². The van der Waals surface area contributed by atoms with Gasteiger partial charge < -0.3 is 29.7 Å². The van der Waals surface area contributed by atoms with Crippen LogP contribution < -0.4 is 20.1 Å². The first kappa shape index (κ1) is 24.8. The number of piperidine rings is 1. The number of urea groups is 1. The average molecular weight is 486 g/mol. The fourth-order valence-electron chi connectivity index (χ4n) is 4.26. The van der Waals surface area contributed by atoms with Gasteiger partial charge in [-0.15, -0.1) is 0 Å². The molecule has 1 fully saturated rings. The number of likely N-dealkylation sites (tertiary alicyclic amines) is 1. The smallest absolute Gasteiger partial charge is 0.317 e. The van der Waals surface area contributed by atoms with Crippen LogP contribution in [0.5, 0.6) is 11.5 Å². The van der Waals surface area contributed by atoms with E-state index in [1.165, 1.54) is 12.1 Å². The van der Waals surface area contributed by atoms with Gasteiger partial charge in [-0.1, -0.05) is 18.2 Å². The van der Waals surface area contributed by atoms with Crippen molar-refractivity contribution in [2.24, 2.45) is 5.92 Å². The summed E-state index contributed by atoms with van der Waals surface area (Å²) in [5, 5.41) is 5.89. The lowest BCUT2D eigenvalue weighted by Gasteiger charge is -2.32. The van der Waals surface area contributed by atoms with Crippen LogP contribution in [0.15, 0.2) is 42.5 Å². The standard InChI is InChI=1S/C26H32FN3O5/c27-22-4-1-21(2-5-22)16-33-17-25(31)28-11-7-19-9-13-30(14-10-19)26(32)29-12-8-20-3-6-23-24(15-20)35-18-34-23/h1-6,15,19H,7-14,16-18H2,(H,28,31)(H,29,32). The molecule has 2 heterocycles. The highest BCUT2D eigenvalue weighted by Gasteiger charge is 2.22. The molecule has 9 heteroatoms. The highest BCUT2D eigenvalue weighted by Crippen LogP contribution is 2.32. The van der Waals surface area contributed by atoms with Gasteiger partial charge in [0, 0.05) is 26.2 Å². The molecule has 2 aromatic rings. The second-order valence-corrected chi connectivity index (χ2v) is 8.86. The van der Waals surface area contributed by atoms with E-state index in [1.54, 1.807) is 12.1 Å². The molecule has 0 unspecified atom stereocenters. The van der Waals surface area contributed by atoms with Crippen molar-refractivity contribution in [1.82, 2.24) is 15.5 Å². The lowest BCUT2D eigenvalue weighted by atomic mass is 9.94. The maximum absolute atomic E-state index is 12.9. The fraction of sp³-hybridized carbons (Fsp3) is 0.462. The average Bonchev–Trinajstić information content (AvgIpc) is 3.34. The summed E-state index contributed by atoms with van der Waals surface area (Å²) in [4.78, 5) is 26.3. The summed E-state index contributed by atoms with van der Waals surface area (Å²) in [6, 6.07) is 11.8. The van der Waals surface area contributed by atoms with Gasteiger partial charge in [0.1, 0.15) is 12.4 Å². The van der Waals surface area contributed by atoms with E-state index in [2.05, 4.69) is 10.6 Å². The summed E-state index contributed by atoms with van der Waals surface area (Å²) in [7, 11) is 0. The zero-order valence-electron chi connectivity index (χ0n) is 19.8. The largest absolute Gasteiger partial charge is 0.454 e. The maximum Gasteiger partial charge on any atom is 0.317 e. The molecule has 2 aliphatic rings. The Hall–Kier alpha value is -3.33. The van der Waals surface area contributed by atoms with Gasteiger partial charge in [0.2, 0.25) is 12.7 Å². The lowest BCUT2D eigenvalue weighted by molar-refractivity contribution is -0.126. The molecule has 2 aliphatic heterocycles. The van der Waals surface area contributed by atoms with Gasteiger partial charge in [0.15, 0.2) is 11.5 Å². The minimum absolute atomic E-state index is 0.0255. The molecular weight excluding hydrogens is 453 g/mol. The molecule has 0 aromatic heterocycles. The molecule has 2 aromatic carbocycles. The minimum atomic E-state index is -0.296. The number of carbonyl (C=O) groups is 2. The molecule has 3 amide bonds. The van der Waals surface area contributed by atoms with Gasteiger partial charge >= 0.3 is 6.03 Å². The summed E-state index contributed by atoms with van der Waals surface area (Å²) in [6.07, 6.45) is 3.45. The predicted molar refractivity (Wildman–Crippen MR) is 128 cm³/mol. The van der Waals surface area contributed by atoms with Crippen molar-refractivity contribution in [3.63, 3.8) is 0 Å². The number of halogens is 1. The molecule has 0 aliphatic carbocycles. The van der Waals surface area contributed by atoms with E-state index < -0.39 is 0 Å². The van der Waals surface area contributed by atoms with Crippen LogP contribution in [-0.4, -0.2) is 56.4 Å². The minimum Gasteiger partial charge on any atom is -0.454 e. The number of ether oxygens (including phenoxy) is 3. The Bertz CT molecular complexity index is 993. The van der Waals surface area contributed by atoms with Crippen LogP contribution in [0.4, 0.5) is 9.18 Å². The van der Waals surface area contributed by atoms with E-state index in [0.717, 1.165) is 61.4 Å². The van der Waals surface area contributed by atoms with Gasteiger partial charge in [-0.2, -0.15) is 0 Å². The summed E-state index contributed by atoms with van der Waals surface area (Å²) in [5.74, 6) is 1.54. The number of benzene rings is 2. The Morgan fingerprint density at radius 3 is 2.51 bits per heavy atom. The molecule has 0 saturated carbocycles. The third-order valence-corrected chi connectivity index (χ3v) is 6.32. The zero-order valence-corrected chi connectivity index (χ0v) is 19.8. The summed E-state index contributed by atoms with van der Waals surface area (Å²) in [5.41, 5.74) is 1.92. The quantitative estimate of drug-likeness (QED) is 0.539. The van der Waals surface area contributed by atoms with Gasteiger partial charge in [-0.05, 0) is 67.0 Å². The highest BCUT2D eigenvalue weighted by molar-refractivity contribution is 5.77. The number of hydrogen-bond donors (Lipinski definition) is 2. The topological polar surface area (TPSA) is 89.1 Å². The Morgan fingerprint density at radius 1 is 0.971 bits per heavy atom. The van der Waals surface area contributed by atoms with Gasteiger partial charge in [0.25, 0.3) is 0 Å². The first-order valence-corrected chi connectivity index (χ1v) is 12.1. The third-order valence-electron chi connectivity index (χ3n) is 6.32. The summed E-state index contributed by atoms with van der Waals surface area (Å²) >= 11 is 0. The van der Waals surface area contributed by atoms with Gasteiger partial charge in [-0.3, -0.25) is 4.79 Å². The first-order chi connectivity index (χ1) is 17.1. The molecule has 4 rings (SSSR count). The molecule has 0 spiro atoms. The molecule has 0 radical (unpaired) electrons. The number of amides is 3. The van der Waals surface area contributed by atoms with E-state index in [9.17, 15) is 14.0 Å². The number of nitrogens with zero attached hydrogens (tertiary/aromatic N) is 1. The number of hydrogen-bond acceptors (Lipinski definition) is 5. The van der Waals surface area contributed by atoms with Crippen LogP contribution >= 0.6 is 0 Å². The van der Waals surface area contributed by atoms with Crippen LogP contribution in [0.2, 0.25) is 0 Å². The van der Waals surface area contributed by atoms with Crippen molar-refractivity contribution >= 4 is 11.9 Å². The second kappa shape index (κ2) is 12.4. The first-order valence-electron chi connectivity index (χ1n) is 12.1. The van der Waals surface area contributed by atoms with Crippen molar-refractivity contribution < 1.29 is 28.2 Å². The van der Waals surface area contributed by atoms with Crippen LogP contribution in [0.1, 0.15) is 30.4 Å². The molecule has 35 heavy (non-hydrogen) atoms. The monoisotopic (exact) mass is 485 g/mol. The van der Waals surface area contributed by atoms with Gasteiger partial charge in [0.05, 0.1) is 6.61 Å². The molecule has 0 bridgehead atoms. The van der Waals surface area contributed by atoms with Crippen LogP contribution in [0, 0.1) is 11.7 Å². The van der Waals surface area contributed by atoms with Gasteiger partial charge in [-0.25, -0.2) is 9.18 Å². The zero-order chi connectivity index (χ0) is 24.5. The Balaban J connectivity index is 1.04. The Morgan fingerprint density at radius 2 is 1.71 bits per heavy atom. The maximum atomic E-state index is 12.9. The van der Waals surface area contributed by atoms with Crippen LogP contribution in [0.3, 0.4) is 0 Å². The molecule has 188 valence electrons. The number of rotatable bonds is 10.